The molecule has 0 amide bonds. The third-order valence-electron chi connectivity index (χ3n) is 4.43. The molecule has 0 aromatic rings. The summed E-state index contributed by atoms with van der Waals surface area (Å²) in [6.45, 7) is 13.1. The summed E-state index contributed by atoms with van der Waals surface area (Å²) in [5, 5.41) is 3.68. The molecule has 1 saturated heterocycles. The summed E-state index contributed by atoms with van der Waals surface area (Å²) < 4.78 is 0. The summed E-state index contributed by atoms with van der Waals surface area (Å²) in [7, 11) is 0. The van der Waals surface area contributed by atoms with E-state index >= 15 is 0 Å². The fourth-order valence-electron chi connectivity index (χ4n) is 3.23. The highest BCUT2D eigenvalue weighted by atomic mass is 15.2. The predicted molar refractivity (Wildman–Crippen MR) is 74.2 cm³/mol. The number of nitrogens with zero attached hydrogens (tertiary/aromatic N) is 1. The van der Waals surface area contributed by atoms with Gasteiger partial charge in [-0.1, -0.05) is 6.92 Å². The summed E-state index contributed by atoms with van der Waals surface area (Å²) in [4.78, 5) is 2.77. The van der Waals surface area contributed by atoms with Crippen molar-refractivity contribution in [2.75, 3.05) is 19.6 Å². The van der Waals surface area contributed by atoms with Crippen molar-refractivity contribution in [2.24, 2.45) is 11.8 Å². The van der Waals surface area contributed by atoms with Crippen molar-refractivity contribution in [3.05, 3.63) is 0 Å². The Labute approximate surface area is 107 Å². The van der Waals surface area contributed by atoms with Crippen molar-refractivity contribution in [1.82, 2.24) is 10.2 Å². The minimum absolute atomic E-state index is 0.273. The molecule has 1 aliphatic carbocycles. The molecule has 1 heterocycles. The molecule has 3 atom stereocenters. The number of hydrogen-bond acceptors (Lipinski definition) is 2. The second kappa shape index (κ2) is 5.27. The minimum Gasteiger partial charge on any atom is -0.312 e. The van der Waals surface area contributed by atoms with Gasteiger partial charge >= 0.3 is 0 Å². The minimum atomic E-state index is 0.273. The monoisotopic (exact) mass is 238 g/mol. The van der Waals surface area contributed by atoms with Crippen molar-refractivity contribution in [2.45, 2.75) is 65.0 Å². The molecule has 0 radical (unpaired) electrons. The van der Waals surface area contributed by atoms with E-state index in [9.17, 15) is 0 Å². The van der Waals surface area contributed by atoms with Crippen LogP contribution in [0.4, 0.5) is 0 Å². The van der Waals surface area contributed by atoms with Gasteiger partial charge in [0.2, 0.25) is 0 Å². The maximum atomic E-state index is 3.68. The smallest absolute Gasteiger partial charge is 0.0136 e. The van der Waals surface area contributed by atoms with Gasteiger partial charge in [0.25, 0.3) is 0 Å². The first kappa shape index (κ1) is 13.4. The zero-order valence-corrected chi connectivity index (χ0v) is 12.1. The second-order valence-electron chi connectivity index (χ2n) is 7.28. The first-order valence-electron chi connectivity index (χ1n) is 7.45. The van der Waals surface area contributed by atoms with Crippen LogP contribution in [0.1, 0.15) is 53.4 Å². The molecule has 2 heteroatoms. The molecule has 0 aromatic carbocycles. The lowest BCUT2D eigenvalue weighted by molar-refractivity contribution is 0.0291. The van der Waals surface area contributed by atoms with Crippen LogP contribution in [0.2, 0.25) is 0 Å². The fraction of sp³-hybridized carbons (Fsp3) is 1.00. The van der Waals surface area contributed by atoms with E-state index in [4.69, 9.17) is 0 Å². The Hall–Kier alpha value is -0.0800. The quantitative estimate of drug-likeness (QED) is 0.813. The lowest BCUT2D eigenvalue weighted by Gasteiger charge is -2.48. The molecule has 2 fully saturated rings. The highest BCUT2D eigenvalue weighted by Gasteiger charge is 2.36. The van der Waals surface area contributed by atoms with Crippen LogP contribution < -0.4 is 5.32 Å². The van der Waals surface area contributed by atoms with Crippen LogP contribution in [0.25, 0.3) is 0 Å². The van der Waals surface area contributed by atoms with Crippen LogP contribution in [0.5, 0.6) is 0 Å². The van der Waals surface area contributed by atoms with E-state index in [-0.39, 0.29) is 5.54 Å². The number of piperidine rings is 1. The molecular weight excluding hydrogens is 208 g/mol. The molecule has 3 unspecified atom stereocenters. The summed E-state index contributed by atoms with van der Waals surface area (Å²) >= 11 is 0. The van der Waals surface area contributed by atoms with Crippen LogP contribution in [0.3, 0.4) is 0 Å². The molecule has 1 aliphatic heterocycles. The van der Waals surface area contributed by atoms with Gasteiger partial charge in [-0.05, 0) is 71.4 Å². The van der Waals surface area contributed by atoms with E-state index in [1.807, 2.05) is 0 Å². The highest BCUT2D eigenvalue weighted by Crippen LogP contribution is 2.34. The van der Waals surface area contributed by atoms with Gasteiger partial charge in [-0.25, -0.2) is 0 Å². The van der Waals surface area contributed by atoms with Crippen molar-refractivity contribution >= 4 is 0 Å². The molecule has 2 nitrogen and oxygen atoms in total. The molecular formula is C15H30N2. The molecule has 2 rings (SSSR count). The van der Waals surface area contributed by atoms with E-state index in [0.717, 1.165) is 17.9 Å². The van der Waals surface area contributed by atoms with Crippen LogP contribution in [0.15, 0.2) is 0 Å². The van der Waals surface area contributed by atoms with Gasteiger partial charge < -0.3 is 5.32 Å². The topological polar surface area (TPSA) is 15.3 Å². The Kier molecular flexibility index (Phi) is 4.14. The van der Waals surface area contributed by atoms with Crippen LogP contribution in [-0.2, 0) is 0 Å². The van der Waals surface area contributed by atoms with E-state index in [0.29, 0.717) is 0 Å². The largest absolute Gasteiger partial charge is 0.312 e. The van der Waals surface area contributed by atoms with E-state index in [1.165, 1.54) is 45.3 Å². The molecule has 2 aliphatic rings. The van der Waals surface area contributed by atoms with E-state index in [2.05, 4.69) is 37.9 Å². The summed E-state index contributed by atoms with van der Waals surface area (Å²) in [6, 6.07) is 0.882. The van der Waals surface area contributed by atoms with E-state index in [1.54, 1.807) is 0 Å². The number of nitrogens with one attached hydrogen (secondary N) is 1. The number of rotatable bonds is 3. The maximum absolute atomic E-state index is 3.68. The van der Waals surface area contributed by atoms with Gasteiger partial charge in [-0.2, -0.15) is 0 Å². The van der Waals surface area contributed by atoms with E-state index < -0.39 is 0 Å². The van der Waals surface area contributed by atoms with Crippen LogP contribution in [-0.4, -0.2) is 36.1 Å². The summed E-state index contributed by atoms with van der Waals surface area (Å²) in [6.07, 6.45) is 5.72. The lowest BCUT2D eigenvalue weighted by Crippen LogP contribution is -2.54. The third kappa shape index (κ3) is 3.69. The molecule has 1 N–H and O–H groups in total. The molecule has 0 spiro atoms. The lowest BCUT2D eigenvalue weighted by atomic mass is 9.77. The van der Waals surface area contributed by atoms with Gasteiger partial charge in [0.05, 0.1) is 0 Å². The first-order chi connectivity index (χ1) is 7.96. The Balaban J connectivity index is 1.78. The zero-order chi connectivity index (χ0) is 12.5. The van der Waals surface area contributed by atoms with Crippen molar-refractivity contribution in [3.63, 3.8) is 0 Å². The van der Waals surface area contributed by atoms with Gasteiger partial charge in [0, 0.05) is 18.1 Å². The predicted octanol–water partition coefficient (Wildman–Crippen LogP) is 2.89. The maximum Gasteiger partial charge on any atom is 0.0136 e. The highest BCUT2D eigenvalue weighted by molar-refractivity contribution is 4.92. The number of likely N-dealkylation sites (tertiary alicyclic amines) is 1. The third-order valence-corrected chi connectivity index (χ3v) is 4.43. The Morgan fingerprint density at radius 3 is 2.47 bits per heavy atom. The van der Waals surface area contributed by atoms with Gasteiger partial charge in [-0.15, -0.1) is 0 Å². The second-order valence-corrected chi connectivity index (χ2v) is 7.28. The Bertz CT molecular complexity index is 244. The average Bonchev–Trinajstić information content (AvgIpc) is 2.14. The van der Waals surface area contributed by atoms with Gasteiger partial charge in [0.1, 0.15) is 0 Å². The fourth-order valence-corrected chi connectivity index (χ4v) is 3.23. The van der Waals surface area contributed by atoms with Crippen LogP contribution in [0, 0.1) is 11.8 Å². The molecule has 0 aromatic heterocycles. The Morgan fingerprint density at radius 1 is 1.18 bits per heavy atom. The number of hydrogen-bond donors (Lipinski definition) is 1. The van der Waals surface area contributed by atoms with Gasteiger partial charge in [0.15, 0.2) is 0 Å². The zero-order valence-electron chi connectivity index (χ0n) is 12.1. The van der Waals surface area contributed by atoms with Crippen molar-refractivity contribution in [3.8, 4) is 0 Å². The van der Waals surface area contributed by atoms with Crippen molar-refractivity contribution in [1.29, 1.82) is 0 Å². The first-order valence-corrected chi connectivity index (χ1v) is 7.45. The molecule has 17 heavy (non-hydrogen) atoms. The normalized spacial score (nSPS) is 35.6. The molecule has 1 saturated carbocycles. The summed E-state index contributed by atoms with van der Waals surface area (Å²) in [5.41, 5.74) is 0.273. The average molecular weight is 238 g/mol. The van der Waals surface area contributed by atoms with Crippen molar-refractivity contribution < 1.29 is 0 Å². The van der Waals surface area contributed by atoms with Gasteiger partial charge in [-0.3, -0.25) is 4.90 Å². The molecule has 100 valence electrons. The molecule has 0 bridgehead atoms. The standard InChI is InChI=1S/C15H30N2/c1-12-6-5-9-17(11-12)14-8-7-13(14)10-16-15(2,3)4/h12-14,16H,5-11H2,1-4H3. The summed E-state index contributed by atoms with van der Waals surface area (Å²) in [5.74, 6) is 1.82. The Morgan fingerprint density at radius 2 is 1.94 bits per heavy atom. The SMILES string of the molecule is CC1CCCN(C2CCC2CNC(C)(C)C)C1. The van der Waals surface area contributed by atoms with Crippen LogP contribution >= 0.6 is 0 Å².